The smallest absolute Gasteiger partial charge is 0.251 e. The van der Waals surface area contributed by atoms with Gasteiger partial charge in [0.2, 0.25) is 0 Å². The Hall–Kier alpha value is -2.17. The second-order valence-corrected chi connectivity index (χ2v) is 5.96. The average molecular weight is 311 g/mol. The van der Waals surface area contributed by atoms with Crippen LogP contribution in [0.25, 0.3) is 0 Å². The predicted octanol–water partition coefficient (Wildman–Crippen LogP) is 2.40. The van der Waals surface area contributed by atoms with Crippen LogP contribution in [0.4, 0.5) is 0 Å². The van der Waals surface area contributed by atoms with Crippen molar-refractivity contribution in [3.63, 3.8) is 0 Å². The highest BCUT2D eigenvalue weighted by molar-refractivity contribution is 5.94. The van der Waals surface area contributed by atoms with E-state index in [0.29, 0.717) is 12.1 Å². The molecule has 0 aromatic heterocycles. The Bertz CT molecular complexity index is 610. The molecule has 2 rings (SSSR count). The van der Waals surface area contributed by atoms with Crippen molar-refractivity contribution < 1.29 is 4.79 Å². The van der Waals surface area contributed by atoms with Crippen LogP contribution >= 0.6 is 0 Å². The highest BCUT2D eigenvalue weighted by atomic mass is 16.1. The molecule has 0 spiro atoms. The van der Waals surface area contributed by atoms with Crippen molar-refractivity contribution in [3.8, 4) is 0 Å². The summed E-state index contributed by atoms with van der Waals surface area (Å²) in [4.78, 5) is 14.4. The van der Waals surface area contributed by atoms with E-state index in [1.54, 1.807) is 0 Å². The molecule has 0 radical (unpaired) electrons. The van der Waals surface area contributed by atoms with Crippen LogP contribution in [0.1, 0.15) is 28.4 Å². The fourth-order valence-corrected chi connectivity index (χ4v) is 2.57. The SMILES string of the molecule is CC(CN(C)Cc1ccccc1)NC(=O)c1ccc(CN)cc1. The first-order valence-corrected chi connectivity index (χ1v) is 7.91. The standard InChI is InChI=1S/C19H25N3O/c1-15(13-22(2)14-17-6-4-3-5-7-17)21-19(23)18-10-8-16(12-20)9-11-18/h3-11,15H,12-14,20H2,1-2H3,(H,21,23). The largest absolute Gasteiger partial charge is 0.348 e. The third kappa shape index (κ3) is 5.51. The molecule has 0 bridgehead atoms. The molecule has 0 aliphatic rings. The second kappa shape index (κ2) is 8.46. The van der Waals surface area contributed by atoms with Gasteiger partial charge in [0.15, 0.2) is 0 Å². The van der Waals surface area contributed by atoms with Crippen molar-refractivity contribution >= 4 is 5.91 Å². The van der Waals surface area contributed by atoms with E-state index in [2.05, 4.69) is 29.4 Å². The van der Waals surface area contributed by atoms with E-state index in [9.17, 15) is 4.79 Å². The summed E-state index contributed by atoms with van der Waals surface area (Å²) in [5.74, 6) is -0.0471. The Morgan fingerprint density at radius 3 is 2.35 bits per heavy atom. The van der Waals surface area contributed by atoms with Crippen LogP contribution < -0.4 is 11.1 Å². The fraction of sp³-hybridized carbons (Fsp3) is 0.316. The number of hydrogen-bond donors (Lipinski definition) is 2. The van der Waals surface area contributed by atoms with Crippen LogP contribution in [-0.4, -0.2) is 30.4 Å². The van der Waals surface area contributed by atoms with Gasteiger partial charge in [-0.25, -0.2) is 0 Å². The van der Waals surface area contributed by atoms with Crippen molar-refractivity contribution in [1.29, 1.82) is 0 Å². The molecule has 0 aliphatic heterocycles. The lowest BCUT2D eigenvalue weighted by molar-refractivity contribution is 0.0931. The maximum atomic E-state index is 12.2. The van der Waals surface area contributed by atoms with E-state index in [-0.39, 0.29) is 11.9 Å². The molecule has 122 valence electrons. The minimum absolute atomic E-state index is 0.0471. The number of rotatable bonds is 7. The summed E-state index contributed by atoms with van der Waals surface area (Å²) in [6, 6.07) is 17.8. The molecule has 0 saturated carbocycles. The van der Waals surface area contributed by atoms with Crippen LogP contribution in [0.2, 0.25) is 0 Å². The number of carbonyl (C=O) groups is 1. The van der Waals surface area contributed by atoms with Gasteiger partial charge >= 0.3 is 0 Å². The number of nitrogens with zero attached hydrogens (tertiary/aromatic N) is 1. The van der Waals surface area contributed by atoms with Crippen molar-refractivity contribution in [2.75, 3.05) is 13.6 Å². The first-order valence-electron chi connectivity index (χ1n) is 7.91. The molecular formula is C19H25N3O. The first-order chi connectivity index (χ1) is 11.1. The zero-order chi connectivity index (χ0) is 16.7. The molecule has 0 fully saturated rings. The molecular weight excluding hydrogens is 286 g/mol. The highest BCUT2D eigenvalue weighted by Crippen LogP contribution is 2.06. The lowest BCUT2D eigenvalue weighted by Crippen LogP contribution is -2.40. The summed E-state index contributed by atoms with van der Waals surface area (Å²) in [5, 5.41) is 3.04. The summed E-state index contributed by atoms with van der Waals surface area (Å²) in [6.07, 6.45) is 0. The molecule has 1 amide bonds. The number of nitrogens with two attached hydrogens (primary N) is 1. The van der Waals surface area contributed by atoms with Gasteiger partial charge in [0.1, 0.15) is 0 Å². The number of carbonyl (C=O) groups excluding carboxylic acids is 1. The Morgan fingerprint density at radius 1 is 1.09 bits per heavy atom. The Morgan fingerprint density at radius 2 is 1.74 bits per heavy atom. The van der Waals surface area contributed by atoms with Gasteiger partial charge in [0.05, 0.1) is 0 Å². The van der Waals surface area contributed by atoms with Crippen LogP contribution in [0.3, 0.4) is 0 Å². The van der Waals surface area contributed by atoms with Gasteiger partial charge in [-0.2, -0.15) is 0 Å². The van der Waals surface area contributed by atoms with Gasteiger partial charge in [0.25, 0.3) is 5.91 Å². The van der Waals surface area contributed by atoms with Crippen molar-refractivity contribution in [2.24, 2.45) is 5.73 Å². The highest BCUT2D eigenvalue weighted by Gasteiger charge is 2.12. The minimum atomic E-state index is -0.0471. The van der Waals surface area contributed by atoms with Gasteiger partial charge in [-0.05, 0) is 37.2 Å². The molecule has 1 unspecified atom stereocenters. The zero-order valence-corrected chi connectivity index (χ0v) is 13.8. The van der Waals surface area contributed by atoms with Gasteiger partial charge in [0, 0.05) is 31.2 Å². The van der Waals surface area contributed by atoms with Gasteiger partial charge < -0.3 is 16.0 Å². The Balaban J connectivity index is 1.83. The van der Waals surface area contributed by atoms with E-state index >= 15 is 0 Å². The topological polar surface area (TPSA) is 58.4 Å². The third-order valence-electron chi connectivity index (χ3n) is 3.71. The predicted molar refractivity (Wildman–Crippen MR) is 94.0 cm³/mol. The van der Waals surface area contributed by atoms with E-state index < -0.39 is 0 Å². The molecule has 3 N–H and O–H groups in total. The summed E-state index contributed by atoms with van der Waals surface area (Å²) in [5.41, 5.74) is 8.53. The molecule has 0 aliphatic carbocycles. The maximum Gasteiger partial charge on any atom is 0.251 e. The van der Waals surface area contributed by atoms with Gasteiger partial charge in [-0.15, -0.1) is 0 Å². The number of amides is 1. The van der Waals surface area contributed by atoms with Crippen LogP contribution in [-0.2, 0) is 13.1 Å². The third-order valence-corrected chi connectivity index (χ3v) is 3.71. The molecule has 4 heteroatoms. The van der Waals surface area contributed by atoms with Crippen molar-refractivity contribution in [2.45, 2.75) is 26.1 Å². The fourth-order valence-electron chi connectivity index (χ4n) is 2.57. The molecule has 23 heavy (non-hydrogen) atoms. The molecule has 0 saturated heterocycles. The minimum Gasteiger partial charge on any atom is -0.348 e. The van der Waals surface area contributed by atoms with Crippen LogP contribution in [0.15, 0.2) is 54.6 Å². The molecule has 2 aromatic rings. The monoisotopic (exact) mass is 311 g/mol. The number of benzene rings is 2. The van der Waals surface area contributed by atoms with Crippen LogP contribution in [0, 0.1) is 0 Å². The molecule has 0 heterocycles. The van der Waals surface area contributed by atoms with Crippen molar-refractivity contribution in [3.05, 3.63) is 71.3 Å². The molecule has 2 aromatic carbocycles. The zero-order valence-electron chi connectivity index (χ0n) is 13.8. The number of hydrogen-bond acceptors (Lipinski definition) is 3. The number of nitrogens with one attached hydrogen (secondary N) is 1. The number of likely N-dealkylation sites (N-methyl/N-ethyl adjacent to an activating group) is 1. The summed E-state index contributed by atoms with van der Waals surface area (Å²) < 4.78 is 0. The maximum absolute atomic E-state index is 12.2. The lowest BCUT2D eigenvalue weighted by atomic mass is 10.1. The van der Waals surface area contributed by atoms with Gasteiger partial charge in [-0.3, -0.25) is 4.79 Å². The quantitative estimate of drug-likeness (QED) is 0.825. The average Bonchev–Trinajstić information content (AvgIpc) is 2.55. The van der Waals surface area contributed by atoms with Crippen molar-refractivity contribution in [1.82, 2.24) is 10.2 Å². The Kier molecular flexibility index (Phi) is 6.32. The van der Waals surface area contributed by atoms with E-state index in [1.165, 1.54) is 5.56 Å². The normalized spacial score (nSPS) is 12.2. The van der Waals surface area contributed by atoms with E-state index in [4.69, 9.17) is 5.73 Å². The first kappa shape index (κ1) is 17.2. The van der Waals surface area contributed by atoms with Crippen LogP contribution in [0.5, 0.6) is 0 Å². The second-order valence-electron chi connectivity index (χ2n) is 5.96. The Labute approximate surface area is 138 Å². The summed E-state index contributed by atoms with van der Waals surface area (Å²) in [6.45, 7) is 4.17. The van der Waals surface area contributed by atoms with E-state index in [0.717, 1.165) is 18.7 Å². The van der Waals surface area contributed by atoms with Gasteiger partial charge in [-0.1, -0.05) is 42.5 Å². The summed E-state index contributed by atoms with van der Waals surface area (Å²) in [7, 11) is 2.06. The molecule has 1 atom stereocenters. The lowest BCUT2D eigenvalue weighted by Gasteiger charge is -2.22. The summed E-state index contributed by atoms with van der Waals surface area (Å²) >= 11 is 0. The molecule has 4 nitrogen and oxygen atoms in total. The van der Waals surface area contributed by atoms with E-state index in [1.807, 2.05) is 49.4 Å².